The van der Waals surface area contributed by atoms with Gasteiger partial charge in [-0.15, -0.1) is 0 Å². The van der Waals surface area contributed by atoms with Crippen LogP contribution in [-0.2, 0) is 19.2 Å². The highest BCUT2D eigenvalue weighted by molar-refractivity contribution is 6.05. The number of nitrogens with one attached hydrogen (secondary N) is 3. The van der Waals surface area contributed by atoms with Crippen LogP contribution in [0, 0.1) is 11.8 Å². The molecular formula is C28H31F2N9O4. The molecule has 3 amide bonds. The maximum absolute atomic E-state index is 13.6. The van der Waals surface area contributed by atoms with E-state index in [1.54, 1.807) is 42.0 Å². The molecule has 13 nitrogen and oxygen atoms in total. The molecule has 2 aromatic heterocycles. The van der Waals surface area contributed by atoms with Crippen LogP contribution in [-0.4, -0.2) is 93.6 Å². The first-order chi connectivity index (χ1) is 20.6. The van der Waals surface area contributed by atoms with Crippen molar-refractivity contribution in [1.82, 2.24) is 35.4 Å². The van der Waals surface area contributed by atoms with Crippen LogP contribution in [0.2, 0.25) is 0 Å². The molecule has 3 N–H and O–H groups in total. The minimum absolute atomic E-state index is 0.0993. The second kappa shape index (κ2) is 10.5. The maximum atomic E-state index is 13.6. The normalized spacial score (nSPS) is 22.4. The molecule has 2 aliphatic heterocycles. The molecule has 6 rings (SSSR count). The second-order valence-corrected chi connectivity index (χ2v) is 11.1. The average Bonchev–Trinajstić information content (AvgIpc) is 3.72. The number of carbonyl (C=O) groups is 4. The molecule has 2 aromatic rings. The number of piperidine rings is 1. The van der Waals surface area contributed by atoms with Crippen molar-refractivity contribution in [1.29, 1.82) is 0 Å². The van der Waals surface area contributed by atoms with E-state index in [-0.39, 0.29) is 55.9 Å². The van der Waals surface area contributed by atoms with E-state index >= 15 is 0 Å². The van der Waals surface area contributed by atoms with Crippen LogP contribution in [0.3, 0.4) is 0 Å². The van der Waals surface area contributed by atoms with Gasteiger partial charge >= 0.3 is 0 Å². The van der Waals surface area contributed by atoms with Crippen LogP contribution in [0.5, 0.6) is 0 Å². The van der Waals surface area contributed by atoms with E-state index in [0.29, 0.717) is 42.3 Å². The molecule has 0 bridgehead atoms. The SMILES string of the molecule is CCC(=O)CN(C=O)C(=O)C1=C(NC)NCN1C1(C(=O)Nc2cccc(-c3cnc(N4CC5C(C4)C5(F)F)cn3)n2)CC1. The summed E-state index contributed by atoms with van der Waals surface area (Å²) in [6.07, 6.45) is 4.47. The Labute approximate surface area is 245 Å². The predicted octanol–water partition coefficient (Wildman–Crippen LogP) is 0.926. The topological polar surface area (TPSA) is 153 Å². The Bertz CT molecular complexity index is 1500. The first-order valence-corrected chi connectivity index (χ1v) is 14.1. The third-order valence-corrected chi connectivity index (χ3v) is 8.58. The monoisotopic (exact) mass is 595 g/mol. The Morgan fingerprint density at radius 1 is 1.14 bits per heavy atom. The van der Waals surface area contributed by atoms with Crippen LogP contribution >= 0.6 is 0 Å². The fraction of sp³-hybridized carbons (Fsp3) is 0.464. The second-order valence-electron chi connectivity index (χ2n) is 11.1. The molecule has 4 aliphatic rings. The number of fused-ring (bicyclic) bond motifs is 1. The van der Waals surface area contributed by atoms with Gasteiger partial charge in [-0.1, -0.05) is 13.0 Å². The Hall–Kier alpha value is -4.69. The summed E-state index contributed by atoms with van der Waals surface area (Å²) >= 11 is 0. The highest BCUT2D eigenvalue weighted by Crippen LogP contribution is 2.59. The molecule has 226 valence electrons. The third kappa shape index (κ3) is 4.91. The number of imide groups is 1. The number of alkyl halides is 2. The summed E-state index contributed by atoms with van der Waals surface area (Å²) in [7, 11) is 1.61. The van der Waals surface area contributed by atoms with Gasteiger partial charge in [0, 0.05) is 26.6 Å². The smallest absolute Gasteiger partial charge is 0.280 e. The van der Waals surface area contributed by atoms with Crippen LogP contribution in [0.1, 0.15) is 26.2 Å². The Morgan fingerprint density at radius 2 is 1.88 bits per heavy atom. The number of ketones is 1. The summed E-state index contributed by atoms with van der Waals surface area (Å²) in [5.41, 5.74) is -0.0609. The first kappa shape index (κ1) is 28.4. The number of aromatic nitrogens is 3. The molecule has 0 aromatic carbocycles. The summed E-state index contributed by atoms with van der Waals surface area (Å²) in [6.45, 7) is 1.94. The van der Waals surface area contributed by atoms with Crippen LogP contribution in [0.15, 0.2) is 42.1 Å². The molecule has 15 heteroatoms. The lowest BCUT2D eigenvalue weighted by Gasteiger charge is -2.30. The molecular weight excluding hydrogens is 564 g/mol. The van der Waals surface area contributed by atoms with E-state index in [1.165, 1.54) is 12.4 Å². The zero-order chi connectivity index (χ0) is 30.5. The number of carbonyl (C=O) groups excluding carboxylic acids is 4. The van der Waals surface area contributed by atoms with Crippen molar-refractivity contribution in [3.8, 4) is 11.4 Å². The Morgan fingerprint density at radius 3 is 2.49 bits per heavy atom. The van der Waals surface area contributed by atoms with Crippen LogP contribution < -0.4 is 20.9 Å². The van der Waals surface area contributed by atoms with Gasteiger partial charge in [-0.2, -0.15) is 0 Å². The van der Waals surface area contributed by atoms with Crippen LogP contribution in [0.25, 0.3) is 11.4 Å². The van der Waals surface area contributed by atoms with E-state index in [9.17, 15) is 28.0 Å². The molecule has 3 fully saturated rings. The number of anilines is 2. The van der Waals surface area contributed by atoms with Gasteiger partial charge in [0.05, 0.1) is 43.1 Å². The zero-order valence-corrected chi connectivity index (χ0v) is 23.6. The number of amides is 3. The van der Waals surface area contributed by atoms with Gasteiger partial charge in [0.1, 0.15) is 34.4 Å². The van der Waals surface area contributed by atoms with Crippen molar-refractivity contribution < 1.29 is 28.0 Å². The number of Topliss-reactive ketones (excluding diaryl/α,β-unsaturated/α-hetero) is 1. The Kier molecular flexibility index (Phi) is 6.97. The molecule has 2 atom stereocenters. The fourth-order valence-electron chi connectivity index (χ4n) is 5.77. The van der Waals surface area contributed by atoms with Crippen molar-refractivity contribution in [2.24, 2.45) is 11.8 Å². The number of hydrogen-bond acceptors (Lipinski definition) is 11. The number of pyridine rings is 1. The van der Waals surface area contributed by atoms with Crippen molar-refractivity contribution >= 4 is 35.6 Å². The quantitative estimate of drug-likeness (QED) is 0.318. The van der Waals surface area contributed by atoms with Gasteiger partial charge in [0.15, 0.2) is 5.78 Å². The van der Waals surface area contributed by atoms with Gasteiger partial charge in [-0.3, -0.25) is 24.1 Å². The van der Waals surface area contributed by atoms with E-state index in [0.717, 1.165) is 4.90 Å². The number of nitrogens with zero attached hydrogens (tertiary/aromatic N) is 6. The van der Waals surface area contributed by atoms with E-state index in [4.69, 9.17) is 0 Å². The van der Waals surface area contributed by atoms with Gasteiger partial charge < -0.3 is 25.8 Å². The molecule has 1 saturated heterocycles. The molecule has 2 saturated carbocycles. The van der Waals surface area contributed by atoms with E-state index < -0.39 is 29.2 Å². The standard InChI is InChI=1S/C28H31F2N9O4/c1-3-16(41)11-38(15-40)25(42)23-24(31-2)34-14-39(23)27(7-8-27)26(43)36-21-6-4-5-19(35-21)20-9-33-22(10-32-20)37-12-17-18(13-37)28(17,29)30/h4-6,9-10,15,17-18,31,34H,3,7-8,11-14H2,1-2H3,(H,35,36,43). The van der Waals surface area contributed by atoms with E-state index in [1.807, 2.05) is 0 Å². The van der Waals surface area contributed by atoms with Gasteiger partial charge in [-0.25, -0.2) is 23.7 Å². The van der Waals surface area contributed by atoms with Gasteiger partial charge in [0.25, 0.3) is 17.7 Å². The van der Waals surface area contributed by atoms with Crippen molar-refractivity contribution in [2.45, 2.75) is 37.6 Å². The number of hydrogen-bond donors (Lipinski definition) is 3. The maximum Gasteiger partial charge on any atom is 0.280 e. The lowest BCUT2D eigenvalue weighted by molar-refractivity contribution is -0.140. The molecule has 0 radical (unpaired) electrons. The molecule has 43 heavy (non-hydrogen) atoms. The predicted molar refractivity (Wildman–Crippen MR) is 149 cm³/mol. The minimum atomic E-state index is -2.57. The fourth-order valence-corrected chi connectivity index (χ4v) is 5.77. The van der Waals surface area contributed by atoms with E-state index in [2.05, 4.69) is 30.9 Å². The highest BCUT2D eigenvalue weighted by atomic mass is 19.3. The summed E-state index contributed by atoms with van der Waals surface area (Å²) in [4.78, 5) is 68.3. The molecule has 4 heterocycles. The summed E-state index contributed by atoms with van der Waals surface area (Å²) in [5, 5.41) is 8.80. The molecule has 0 spiro atoms. The number of rotatable bonds is 11. The van der Waals surface area contributed by atoms with Gasteiger partial charge in [0.2, 0.25) is 6.41 Å². The number of halogens is 2. The minimum Gasteiger partial charge on any atom is -0.373 e. The lowest BCUT2D eigenvalue weighted by Crippen LogP contribution is -2.49. The lowest BCUT2D eigenvalue weighted by atomic mass is 10.1. The third-order valence-electron chi connectivity index (χ3n) is 8.58. The van der Waals surface area contributed by atoms with Gasteiger partial charge in [-0.05, 0) is 25.0 Å². The summed E-state index contributed by atoms with van der Waals surface area (Å²) < 4.78 is 27.1. The van der Waals surface area contributed by atoms with Crippen molar-refractivity contribution in [3.05, 3.63) is 42.1 Å². The molecule has 2 aliphatic carbocycles. The highest BCUT2D eigenvalue weighted by Gasteiger charge is 2.71. The summed E-state index contributed by atoms with van der Waals surface area (Å²) in [5.74, 6) is -4.01. The van der Waals surface area contributed by atoms with Crippen LogP contribution in [0.4, 0.5) is 20.4 Å². The van der Waals surface area contributed by atoms with Crippen molar-refractivity contribution in [3.63, 3.8) is 0 Å². The Balaban J connectivity index is 1.15. The van der Waals surface area contributed by atoms with Crippen molar-refractivity contribution in [2.75, 3.05) is 43.6 Å². The first-order valence-electron chi connectivity index (χ1n) is 14.1. The molecule has 2 unspecified atom stereocenters. The zero-order valence-electron chi connectivity index (χ0n) is 23.6. The average molecular weight is 596 g/mol. The summed E-state index contributed by atoms with van der Waals surface area (Å²) in [6, 6.07) is 5.05. The largest absolute Gasteiger partial charge is 0.373 e.